The lowest BCUT2D eigenvalue weighted by Crippen LogP contribution is -2.68. The highest BCUT2D eigenvalue weighted by atomic mass is 32.2. The molecule has 1 aliphatic carbocycles. The molecule has 1 saturated carbocycles. The molecule has 17 nitrogen and oxygen atoms in total. The van der Waals surface area contributed by atoms with Crippen molar-refractivity contribution in [3.05, 3.63) is 0 Å². The monoisotopic (exact) mass is 717 g/mol. The van der Waals surface area contributed by atoms with Crippen LogP contribution in [0.25, 0.3) is 0 Å². The molecule has 0 spiro atoms. The summed E-state index contributed by atoms with van der Waals surface area (Å²) in [6.45, 7) is 1.72. The number of hydrogen-bond donors (Lipinski definition) is 11. The molecule has 48 heavy (non-hydrogen) atoms. The zero-order valence-electron chi connectivity index (χ0n) is 28.1. The Hall–Kier alpha value is -0.650. The average molecular weight is 718 g/mol. The molecule has 0 bridgehead atoms. The summed E-state index contributed by atoms with van der Waals surface area (Å²) in [5.41, 5.74) is 29.8. The van der Waals surface area contributed by atoms with Gasteiger partial charge in [-0.15, -0.1) is 0 Å². The van der Waals surface area contributed by atoms with Crippen molar-refractivity contribution in [3.8, 4) is 0 Å². The van der Waals surface area contributed by atoms with Crippen molar-refractivity contribution in [1.29, 1.82) is 0 Å². The van der Waals surface area contributed by atoms with Crippen LogP contribution in [0, 0.1) is 0 Å². The van der Waals surface area contributed by atoms with Gasteiger partial charge in [0.25, 0.3) is 10.1 Å². The Kier molecular flexibility index (Phi) is 19.6. The summed E-state index contributed by atoms with van der Waals surface area (Å²) in [5, 5.41) is 50.7. The van der Waals surface area contributed by atoms with E-state index < -0.39 is 102 Å². The largest absolute Gasteiger partial charge is 0.394 e. The van der Waals surface area contributed by atoms with Crippen LogP contribution in [0.1, 0.15) is 84.0 Å². The predicted molar refractivity (Wildman–Crippen MR) is 177 cm³/mol. The fraction of sp³-hybridized carbons (Fsp3) is 1.00. The first-order valence-corrected chi connectivity index (χ1v) is 18.9. The minimum atomic E-state index is -3.73. The van der Waals surface area contributed by atoms with Crippen molar-refractivity contribution in [1.82, 2.24) is 0 Å². The molecule has 0 aromatic heterocycles. The number of nitrogens with two attached hydrogens (primary N) is 5. The molecule has 18 heteroatoms. The van der Waals surface area contributed by atoms with Crippen LogP contribution in [-0.4, -0.2) is 143 Å². The van der Waals surface area contributed by atoms with Gasteiger partial charge in [0.05, 0.1) is 36.7 Å². The van der Waals surface area contributed by atoms with Crippen LogP contribution in [-0.2, 0) is 29.1 Å². The van der Waals surface area contributed by atoms with E-state index in [0.717, 1.165) is 12.8 Å². The molecule has 2 heterocycles. The second-order valence-corrected chi connectivity index (χ2v) is 14.8. The molecule has 0 aromatic carbocycles. The molecule has 3 fully saturated rings. The van der Waals surface area contributed by atoms with Gasteiger partial charge in [-0.25, -0.2) is 0 Å². The number of aliphatic hydroxyl groups is 5. The summed E-state index contributed by atoms with van der Waals surface area (Å²) >= 11 is 0. The molecule has 0 aromatic rings. The topological polar surface area (TPSA) is 323 Å². The van der Waals surface area contributed by atoms with Crippen molar-refractivity contribution in [2.45, 2.75) is 170 Å². The van der Waals surface area contributed by atoms with Gasteiger partial charge in [0.1, 0.15) is 36.6 Å². The smallest absolute Gasteiger partial charge is 0.264 e. The van der Waals surface area contributed by atoms with E-state index in [2.05, 4.69) is 6.92 Å². The van der Waals surface area contributed by atoms with E-state index in [-0.39, 0.29) is 25.1 Å². The van der Waals surface area contributed by atoms with E-state index in [4.69, 9.17) is 52.2 Å². The van der Waals surface area contributed by atoms with Gasteiger partial charge in [-0.1, -0.05) is 64.7 Å². The first kappa shape index (κ1) is 43.5. The van der Waals surface area contributed by atoms with Crippen LogP contribution in [0.2, 0.25) is 0 Å². The highest BCUT2D eigenvalue weighted by Gasteiger charge is 2.50. The normalized spacial score (nSPS) is 39.1. The molecule has 0 radical (unpaired) electrons. The fourth-order valence-electron chi connectivity index (χ4n) is 6.20. The van der Waals surface area contributed by atoms with E-state index in [1.165, 1.54) is 44.9 Å². The molecular weight excluding hydrogens is 654 g/mol. The minimum absolute atomic E-state index is 0.0542. The lowest BCUT2D eigenvalue weighted by molar-refractivity contribution is -0.314. The van der Waals surface area contributed by atoms with Crippen molar-refractivity contribution in [2.24, 2.45) is 28.7 Å². The Balaban J connectivity index is 0.000000424. The van der Waals surface area contributed by atoms with Gasteiger partial charge < -0.3 is 73.1 Å². The second kappa shape index (κ2) is 21.7. The van der Waals surface area contributed by atoms with Gasteiger partial charge in [-0.05, 0) is 19.3 Å². The maximum absolute atomic E-state index is 11.0. The second-order valence-electron chi connectivity index (χ2n) is 13.3. The van der Waals surface area contributed by atoms with E-state index in [1.807, 2.05) is 0 Å². The number of ether oxygens (including phenoxy) is 4. The summed E-state index contributed by atoms with van der Waals surface area (Å²) in [6, 6.07) is -3.27. The number of aliphatic hydroxyl groups excluding tert-OH is 5. The zero-order valence-corrected chi connectivity index (χ0v) is 28.9. The van der Waals surface area contributed by atoms with Crippen LogP contribution >= 0.6 is 0 Å². The van der Waals surface area contributed by atoms with E-state index in [9.17, 15) is 34.0 Å². The predicted octanol–water partition coefficient (Wildman–Crippen LogP) is -2.50. The summed E-state index contributed by atoms with van der Waals surface area (Å²) in [4.78, 5) is 0. The minimum Gasteiger partial charge on any atom is -0.394 e. The van der Waals surface area contributed by atoms with E-state index in [1.54, 1.807) is 0 Å². The third kappa shape index (κ3) is 13.8. The maximum atomic E-state index is 11.0. The van der Waals surface area contributed by atoms with Crippen molar-refractivity contribution in [3.63, 3.8) is 0 Å². The Labute approximate surface area is 284 Å². The lowest BCUT2D eigenvalue weighted by atomic mass is 9.84. The van der Waals surface area contributed by atoms with Crippen LogP contribution in [0.3, 0.4) is 0 Å². The fourth-order valence-corrected chi connectivity index (χ4v) is 6.77. The average Bonchev–Trinajstić information content (AvgIpc) is 3.02. The third-order valence-corrected chi connectivity index (χ3v) is 9.98. The molecule has 286 valence electrons. The first-order valence-electron chi connectivity index (χ1n) is 17.3. The summed E-state index contributed by atoms with van der Waals surface area (Å²) in [7, 11) is -3.73. The van der Waals surface area contributed by atoms with E-state index >= 15 is 0 Å². The van der Waals surface area contributed by atoms with Gasteiger partial charge in [0.2, 0.25) is 0 Å². The molecule has 0 amide bonds. The van der Waals surface area contributed by atoms with Gasteiger partial charge in [0.15, 0.2) is 12.6 Å². The molecule has 3 rings (SSSR count). The van der Waals surface area contributed by atoms with Crippen LogP contribution in [0.15, 0.2) is 0 Å². The number of rotatable bonds is 17. The lowest BCUT2D eigenvalue weighted by Gasteiger charge is -2.47. The van der Waals surface area contributed by atoms with E-state index in [0.29, 0.717) is 6.42 Å². The van der Waals surface area contributed by atoms with Crippen molar-refractivity contribution in [2.75, 3.05) is 18.9 Å². The highest BCUT2D eigenvalue weighted by molar-refractivity contribution is 7.85. The van der Waals surface area contributed by atoms with Crippen molar-refractivity contribution < 1.29 is 57.5 Å². The molecule has 2 aliphatic heterocycles. The number of unbranched alkanes of at least 4 members (excludes halogenated alkanes) is 9. The molecule has 0 unspecified atom stereocenters. The first-order chi connectivity index (χ1) is 22.6. The van der Waals surface area contributed by atoms with Gasteiger partial charge in [-0.2, -0.15) is 8.42 Å². The third-order valence-electron chi connectivity index (χ3n) is 9.17. The van der Waals surface area contributed by atoms with Crippen LogP contribution < -0.4 is 28.7 Å². The Morgan fingerprint density at radius 2 is 1.19 bits per heavy atom. The summed E-state index contributed by atoms with van der Waals surface area (Å²) in [5.74, 6) is -0.0799. The standard InChI is InChI=1S/C18H37N5O9.C12H26O3S/c19-3-9-8(25)2-7(22)17(29-9)31-15-5(20)1-6(21)16(14(15)28)32-18-13(27)11(23)12(26)10(4-24)30-18;1-2-3-4-5-6-7-8-9-10-11-12-16(13,14)15/h5-18,24-28H,1-4,19-23H2;2-12H2,1H3,(H,13,14,15)/t5-,6+,7+,8-,9+,10+,11-,12+,13+,14-,15+,16-,17+,18+;/m0./s1. The molecule has 2 saturated heterocycles. The van der Waals surface area contributed by atoms with Gasteiger partial charge in [0, 0.05) is 18.6 Å². The van der Waals surface area contributed by atoms with Gasteiger partial charge in [-0.3, -0.25) is 4.55 Å². The highest BCUT2D eigenvalue weighted by Crippen LogP contribution is 2.30. The summed E-state index contributed by atoms with van der Waals surface area (Å²) in [6.07, 6.45) is 0.889. The molecule has 3 aliphatic rings. The number of hydrogen-bond acceptors (Lipinski definition) is 16. The Morgan fingerprint density at radius 3 is 1.69 bits per heavy atom. The SMILES string of the molecule is CCCCCCCCCCCCS(=O)(=O)O.NC[C@H]1O[C@H](O[C@H]2[C@H](O)[C@@H](O[C@H]3O[C@H](CO)[C@@H](O)[C@H](N)[C@H]3O)[C@H](N)C[C@@H]2N)[C@H](N)C[C@@H]1O. The quantitative estimate of drug-likeness (QED) is 0.0547. The van der Waals surface area contributed by atoms with Crippen molar-refractivity contribution >= 4 is 10.1 Å². The molecule has 16 N–H and O–H groups in total. The van der Waals surface area contributed by atoms with Crippen LogP contribution in [0.5, 0.6) is 0 Å². The maximum Gasteiger partial charge on any atom is 0.264 e. The van der Waals surface area contributed by atoms with Crippen LogP contribution in [0.4, 0.5) is 0 Å². The Bertz CT molecular complexity index is 988. The molecular formula is C30H63N5O12S. The van der Waals surface area contributed by atoms with Gasteiger partial charge >= 0.3 is 0 Å². The molecule has 14 atom stereocenters. The Morgan fingerprint density at radius 1 is 0.688 bits per heavy atom. The summed E-state index contributed by atoms with van der Waals surface area (Å²) < 4.78 is 52.1. The zero-order chi connectivity index (χ0) is 36.0.